The molecule has 2 amide bonds. The molecule has 1 aromatic rings. The molecule has 20 heavy (non-hydrogen) atoms. The van der Waals surface area contributed by atoms with E-state index >= 15 is 0 Å². The number of benzene rings is 1. The number of carbonyl (C=O) groups excluding carboxylic acids is 1. The van der Waals surface area contributed by atoms with Gasteiger partial charge in [-0.05, 0) is 49.8 Å². The van der Waals surface area contributed by atoms with Crippen LogP contribution in [0.3, 0.4) is 0 Å². The lowest BCUT2D eigenvalue weighted by atomic mass is 9.97. The molecule has 0 aliphatic heterocycles. The Bertz CT molecular complexity index is 485. The number of urea groups is 1. The first-order chi connectivity index (χ1) is 9.74. The van der Waals surface area contributed by atoms with Gasteiger partial charge in [-0.1, -0.05) is 23.8 Å². The third-order valence-corrected chi connectivity index (χ3v) is 3.46. The van der Waals surface area contributed by atoms with Crippen molar-refractivity contribution in [3.05, 3.63) is 47.3 Å². The van der Waals surface area contributed by atoms with Crippen LogP contribution in [-0.4, -0.2) is 12.6 Å². The number of hydrogen-bond donors (Lipinski definition) is 2. The zero-order valence-electron chi connectivity index (χ0n) is 11.6. The highest BCUT2D eigenvalue weighted by Gasteiger charge is 2.05. The smallest absolute Gasteiger partial charge is 0.315 e. The van der Waals surface area contributed by atoms with Gasteiger partial charge in [-0.3, -0.25) is 0 Å². The van der Waals surface area contributed by atoms with Crippen molar-refractivity contribution in [2.75, 3.05) is 6.54 Å². The van der Waals surface area contributed by atoms with Gasteiger partial charge in [0, 0.05) is 13.1 Å². The number of nitrogens with one attached hydrogen (secondary N) is 2. The van der Waals surface area contributed by atoms with Crippen molar-refractivity contribution >= 4 is 6.03 Å². The Labute approximate surface area is 119 Å². The predicted octanol–water partition coefficient (Wildman–Crippen LogP) is 3.52. The van der Waals surface area contributed by atoms with Crippen LogP contribution in [-0.2, 0) is 6.54 Å². The summed E-state index contributed by atoms with van der Waals surface area (Å²) >= 11 is 0. The van der Waals surface area contributed by atoms with Crippen LogP contribution in [0.5, 0.6) is 0 Å². The fourth-order valence-corrected chi connectivity index (χ4v) is 2.36. The summed E-state index contributed by atoms with van der Waals surface area (Å²) in [4.78, 5) is 11.6. The molecule has 0 heterocycles. The Kier molecular flexibility index (Phi) is 5.59. The highest BCUT2D eigenvalue weighted by atomic mass is 19.1. The second kappa shape index (κ2) is 7.68. The molecule has 0 radical (unpaired) electrons. The summed E-state index contributed by atoms with van der Waals surface area (Å²) in [7, 11) is 0. The molecule has 3 nitrogen and oxygen atoms in total. The average Bonchev–Trinajstić information content (AvgIpc) is 2.46. The standard InChI is InChI=1S/C16H21FN2O/c17-15-8-4-7-14(11-15)12-19-16(20)18-10-9-13-5-2-1-3-6-13/h4-5,7-8,11H,1-3,6,9-10,12H2,(H2,18,19,20). The summed E-state index contributed by atoms with van der Waals surface area (Å²) < 4.78 is 13.0. The molecule has 2 N–H and O–H groups in total. The van der Waals surface area contributed by atoms with E-state index in [1.165, 1.54) is 37.0 Å². The van der Waals surface area contributed by atoms with Crippen molar-refractivity contribution in [2.24, 2.45) is 0 Å². The fraction of sp³-hybridized carbons (Fsp3) is 0.438. The van der Waals surface area contributed by atoms with Gasteiger partial charge in [0.1, 0.15) is 5.82 Å². The predicted molar refractivity (Wildman–Crippen MR) is 77.8 cm³/mol. The molecule has 4 heteroatoms. The molecule has 1 aliphatic rings. The average molecular weight is 276 g/mol. The third kappa shape index (κ3) is 5.03. The molecule has 0 atom stereocenters. The molecule has 0 saturated carbocycles. The van der Waals surface area contributed by atoms with Crippen LogP contribution in [0.2, 0.25) is 0 Å². The molecule has 2 rings (SSSR count). The van der Waals surface area contributed by atoms with E-state index in [1.54, 1.807) is 12.1 Å². The lowest BCUT2D eigenvalue weighted by molar-refractivity contribution is 0.240. The first-order valence-corrected chi connectivity index (χ1v) is 7.18. The van der Waals surface area contributed by atoms with Gasteiger partial charge in [0.25, 0.3) is 0 Å². The van der Waals surface area contributed by atoms with E-state index < -0.39 is 0 Å². The maximum Gasteiger partial charge on any atom is 0.315 e. The van der Waals surface area contributed by atoms with Crippen molar-refractivity contribution in [2.45, 2.75) is 38.6 Å². The largest absolute Gasteiger partial charge is 0.338 e. The van der Waals surface area contributed by atoms with Crippen molar-refractivity contribution in [3.8, 4) is 0 Å². The van der Waals surface area contributed by atoms with Crippen LogP contribution < -0.4 is 10.6 Å². The van der Waals surface area contributed by atoms with Crippen molar-refractivity contribution < 1.29 is 9.18 Å². The van der Waals surface area contributed by atoms with E-state index in [9.17, 15) is 9.18 Å². The second-order valence-corrected chi connectivity index (χ2v) is 5.10. The molecular formula is C16H21FN2O. The molecule has 0 saturated heterocycles. The molecule has 1 aromatic carbocycles. The van der Waals surface area contributed by atoms with Gasteiger partial charge >= 0.3 is 6.03 Å². The zero-order chi connectivity index (χ0) is 14.2. The minimum Gasteiger partial charge on any atom is -0.338 e. The van der Waals surface area contributed by atoms with Gasteiger partial charge in [-0.15, -0.1) is 0 Å². The first-order valence-electron chi connectivity index (χ1n) is 7.18. The van der Waals surface area contributed by atoms with Crippen molar-refractivity contribution in [1.82, 2.24) is 10.6 Å². The van der Waals surface area contributed by atoms with Crippen LogP contribution in [0.4, 0.5) is 9.18 Å². The van der Waals surface area contributed by atoms with Gasteiger partial charge in [0.2, 0.25) is 0 Å². The Morgan fingerprint density at radius 3 is 2.90 bits per heavy atom. The maximum atomic E-state index is 13.0. The quantitative estimate of drug-likeness (QED) is 0.794. The van der Waals surface area contributed by atoms with E-state index in [0.29, 0.717) is 13.1 Å². The third-order valence-electron chi connectivity index (χ3n) is 3.46. The van der Waals surface area contributed by atoms with E-state index in [2.05, 4.69) is 16.7 Å². The van der Waals surface area contributed by atoms with E-state index in [1.807, 2.05) is 0 Å². The molecule has 0 spiro atoms. The highest BCUT2D eigenvalue weighted by Crippen LogP contribution is 2.19. The molecule has 0 bridgehead atoms. The lowest BCUT2D eigenvalue weighted by Gasteiger charge is -2.13. The maximum absolute atomic E-state index is 13.0. The minimum absolute atomic E-state index is 0.203. The summed E-state index contributed by atoms with van der Waals surface area (Å²) in [6.45, 7) is 0.993. The van der Waals surface area contributed by atoms with Crippen LogP contribution in [0.15, 0.2) is 35.9 Å². The van der Waals surface area contributed by atoms with Crippen molar-refractivity contribution in [1.29, 1.82) is 0 Å². The van der Waals surface area contributed by atoms with Gasteiger partial charge in [-0.25, -0.2) is 9.18 Å². The van der Waals surface area contributed by atoms with E-state index in [0.717, 1.165) is 18.4 Å². The van der Waals surface area contributed by atoms with Crippen LogP contribution in [0.25, 0.3) is 0 Å². The molecule has 108 valence electrons. The first kappa shape index (κ1) is 14.6. The van der Waals surface area contributed by atoms with Gasteiger partial charge in [0.15, 0.2) is 0 Å². The summed E-state index contributed by atoms with van der Waals surface area (Å²) in [5, 5.41) is 5.56. The summed E-state index contributed by atoms with van der Waals surface area (Å²) in [5.41, 5.74) is 2.21. The van der Waals surface area contributed by atoms with Crippen LogP contribution >= 0.6 is 0 Å². The molecular weight excluding hydrogens is 255 g/mol. The summed E-state index contributed by atoms with van der Waals surface area (Å²) in [6, 6.07) is 6.04. The number of amides is 2. The van der Waals surface area contributed by atoms with Gasteiger partial charge < -0.3 is 10.6 Å². The topological polar surface area (TPSA) is 41.1 Å². The molecule has 0 unspecified atom stereocenters. The SMILES string of the molecule is O=C(NCCC1=CCCCC1)NCc1cccc(F)c1. The number of rotatable bonds is 5. The number of halogens is 1. The highest BCUT2D eigenvalue weighted by molar-refractivity contribution is 5.73. The number of hydrogen-bond acceptors (Lipinski definition) is 1. The summed E-state index contributed by atoms with van der Waals surface area (Å²) in [6.07, 6.45) is 8.08. The van der Waals surface area contributed by atoms with E-state index in [4.69, 9.17) is 0 Å². The fourth-order valence-electron chi connectivity index (χ4n) is 2.36. The number of carbonyl (C=O) groups is 1. The molecule has 0 fully saturated rings. The van der Waals surface area contributed by atoms with Crippen LogP contribution in [0, 0.1) is 5.82 Å². The number of allylic oxidation sites excluding steroid dienone is 1. The Morgan fingerprint density at radius 2 is 2.15 bits per heavy atom. The van der Waals surface area contributed by atoms with Crippen molar-refractivity contribution in [3.63, 3.8) is 0 Å². The van der Waals surface area contributed by atoms with Gasteiger partial charge in [0.05, 0.1) is 0 Å². The Morgan fingerprint density at radius 1 is 1.25 bits per heavy atom. The van der Waals surface area contributed by atoms with Crippen LogP contribution in [0.1, 0.15) is 37.7 Å². The zero-order valence-corrected chi connectivity index (χ0v) is 11.6. The molecule has 0 aromatic heterocycles. The Hall–Kier alpha value is -1.84. The van der Waals surface area contributed by atoms with E-state index in [-0.39, 0.29) is 11.8 Å². The van der Waals surface area contributed by atoms with Gasteiger partial charge in [-0.2, -0.15) is 0 Å². The monoisotopic (exact) mass is 276 g/mol. The normalized spacial score (nSPS) is 14.6. The molecule has 1 aliphatic carbocycles. The minimum atomic E-state index is -0.283. The second-order valence-electron chi connectivity index (χ2n) is 5.10. The summed E-state index contributed by atoms with van der Waals surface area (Å²) in [5.74, 6) is -0.283. The lowest BCUT2D eigenvalue weighted by Crippen LogP contribution is -2.35. The Balaban J connectivity index is 1.64.